The number of benzene rings is 1. The minimum absolute atomic E-state index is 0.144. The van der Waals surface area contributed by atoms with Gasteiger partial charge in [-0.05, 0) is 58.8 Å². The van der Waals surface area contributed by atoms with Crippen LogP contribution in [-0.2, 0) is 5.41 Å². The lowest BCUT2D eigenvalue weighted by Crippen LogP contribution is -2.33. The second-order valence-corrected chi connectivity index (χ2v) is 7.91. The summed E-state index contributed by atoms with van der Waals surface area (Å²) in [6.07, 6.45) is 13.6. The predicted molar refractivity (Wildman–Crippen MR) is 108 cm³/mol. The number of rotatable bonds is 3. The summed E-state index contributed by atoms with van der Waals surface area (Å²) in [7, 11) is 0. The van der Waals surface area contributed by atoms with Crippen molar-refractivity contribution in [2.75, 3.05) is 0 Å². The fourth-order valence-electron chi connectivity index (χ4n) is 4.04. The van der Waals surface area contributed by atoms with E-state index in [0.29, 0.717) is 11.8 Å². The van der Waals surface area contributed by atoms with Gasteiger partial charge in [0.15, 0.2) is 0 Å². The third-order valence-electron chi connectivity index (χ3n) is 6.13. The van der Waals surface area contributed by atoms with Gasteiger partial charge in [-0.15, -0.1) is 0 Å². The number of hydrogen-bond acceptors (Lipinski definition) is 2. The summed E-state index contributed by atoms with van der Waals surface area (Å²) in [5, 5.41) is 0. The average Bonchev–Trinajstić information content (AvgIpc) is 2.63. The molecule has 0 aromatic heterocycles. The van der Waals surface area contributed by atoms with Gasteiger partial charge in [0, 0.05) is 6.20 Å². The Kier molecular flexibility index (Phi) is 4.89. The van der Waals surface area contributed by atoms with Crippen molar-refractivity contribution in [1.29, 1.82) is 0 Å². The highest BCUT2D eigenvalue weighted by Gasteiger charge is 2.35. The van der Waals surface area contributed by atoms with Crippen molar-refractivity contribution in [2.45, 2.75) is 45.4 Å². The largest absolute Gasteiger partial charge is 0.403 e. The van der Waals surface area contributed by atoms with Gasteiger partial charge < -0.3 is 11.5 Å². The Balaban J connectivity index is 1.83. The van der Waals surface area contributed by atoms with Gasteiger partial charge in [0.2, 0.25) is 0 Å². The SMILES string of the molecule is CC1C=CC=C(c2ccc(C3(C)CC=C(/C(N)=C/N)CC3C)cc2)C1. The minimum Gasteiger partial charge on any atom is -0.403 e. The Morgan fingerprint density at radius 2 is 1.88 bits per heavy atom. The van der Waals surface area contributed by atoms with E-state index in [4.69, 9.17) is 11.5 Å². The fraction of sp³-hybridized carbons (Fsp3) is 0.391. The minimum atomic E-state index is 0.144. The topological polar surface area (TPSA) is 52.0 Å². The molecule has 4 N–H and O–H groups in total. The van der Waals surface area contributed by atoms with E-state index in [1.807, 2.05) is 0 Å². The van der Waals surface area contributed by atoms with Gasteiger partial charge in [0.05, 0.1) is 5.70 Å². The van der Waals surface area contributed by atoms with E-state index >= 15 is 0 Å². The molecule has 0 fully saturated rings. The molecule has 0 aliphatic heterocycles. The normalized spacial score (nSPS) is 30.0. The number of allylic oxidation sites excluding steroid dienone is 6. The first-order valence-electron chi connectivity index (χ1n) is 9.29. The summed E-state index contributed by atoms with van der Waals surface area (Å²) in [5.41, 5.74) is 17.8. The van der Waals surface area contributed by atoms with Crippen LogP contribution in [0.5, 0.6) is 0 Å². The van der Waals surface area contributed by atoms with E-state index in [1.54, 1.807) is 0 Å². The lowest BCUT2D eigenvalue weighted by molar-refractivity contribution is 0.299. The second kappa shape index (κ2) is 6.95. The molecule has 2 heteroatoms. The van der Waals surface area contributed by atoms with E-state index < -0.39 is 0 Å². The van der Waals surface area contributed by atoms with Crippen LogP contribution in [0.4, 0.5) is 0 Å². The molecule has 0 amide bonds. The zero-order chi connectivity index (χ0) is 18.0. The van der Waals surface area contributed by atoms with Crippen LogP contribution in [-0.4, -0.2) is 0 Å². The van der Waals surface area contributed by atoms with Gasteiger partial charge in [0.25, 0.3) is 0 Å². The van der Waals surface area contributed by atoms with Crippen molar-refractivity contribution in [3.8, 4) is 0 Å². The zero-order valence-electron chi connectivity index (χ0n) is 15.6. The van der Waals surface area contributed by atoms with Crippen molar-refractivity contribution in [3.05, 3.63) is 77.2 Å². The van der Waals surface area contributed by atoms with Crippen LogP contribution >= 0.6 is 0 Å². The molecule has 0 bridgehead atoms. The standard InChI is InChI=1S/C23H30N2/c1-16-5-4-6-19(13-16)18-7-9-21(10-8-18)23(3)12-11-20(14-17(23)2)22(25)15-24/h4-11,15-17H,12-14,24-25H2,1-3H3/b22-15-. The summed E-state index contributed by atoms with van der Waals surface area (Å²) in [6, 6.07) is 9.21. The van der Waals surface area contributed by atoms with Crippen LogP contribution in [0, 0.1) is 11.8 Å². The van der Waals surface area contributed by atoms with Gasteiger partial charge in [0.1, 0.15) is 0 Å². The van der Waals surface area contributed by atoms with E-state index in [9.17, 15) is 0 Å². The first kappa shape index (κ1) is 17.6. The van der Waals surface area contributed by atoms with Crippen LogP contribution in [0.25, 0.3) is 5.57 Å². The smallest absolute Gasteiger partial charge is 0.0501 e. The highest BCUT2D eigenvalue weighted by molar-refractivity contribution is 5.68. The molecule has 0 heterocycles. The molecular formula is C23H30N2. The van der Waals surface area contributed by atoms with Gasteiger partial charge in [-0.1, -0.05) is 69.3 Å². The molecule has 1 aromatic carbocycles. The molecular weight excluding hydrogens is 304 g/mol. The predicted octanol–water partition coefficient (Wildman–Crippen LogP) is 5.04. The van der Waals surface area contributed by atoms with Crippen molar-refractivity contribution in [1.82, 2.24) is 0 Å². The maximum atomic E-state index is 6.01. The van der Waals surface area contributed by atoms with Crippen LogP contribution in [0.2, 0.25) is 0 Å². The summed E-state index contributed by atoms with van der Waals surface area (Å²) in [4.78, 5) is 0. The Labute approximate surface area is 152 Å². The van der Waals surface area contributed by atoms with E-state index in [-0.39, 0.29) is 5.41 Å². The lowest BCUT2D eigenvalue weighted by Gasteiger charge is -2.40. The third kappa shape index (κ3) is 3.44. The summed E-state index contributed by atoms with van der Waals surface area (Å²) in [6.45, 7) is 6.96. The second-order valence-electron chi connectivity index (χ2n) is 7.91. The van der Waals surface area contributed by atoms with Gasteiger partial charge in [-0.3, -0.25) is 0 Å². The maximum Gasteiger partial charge on any atom is 0.0501 e. The molecule has 3 unspecified atom stereocenters. The van der Waals surface area contributed by atoms with E-state index in [1.165, 1.54) is 28.5 Å². The van der Waals surface area contributed by atoms with Crippen LogP contribution in [0.3, 0.4) is 0 Å². The lowest BCUT2D eigenvalue weighted by atomic mass is 9.65. The monoisotopic (exact) mass is 334 g/mol. The summed E-state index contributed by atoms with van der Waals surface area (Å²) >= 11 is 0. The van der Waals surface area contributed by atoms with Crippen molar-refractivity contribution in [3.63, 3.8) is 0 Å². The molecule has 0 saturated heterocycles. The molecule has 132 valence electrons. The molecule has 25 heavy (non-hydrogen) atoms. The molecule has 1 aromatic rings. The molecule has 0 spiro atoms. The summed E-state index contributed by atoms with van der Waals surface area (Å²) in [5.74, 6) is 1.15. The van der Waals surface area contributed by atoms with Gasteiger partial charge >= 0.3 is 0 Å². The summed E-state index contributed by atoms with van der Waals surface area (Å²) < 4.78 is 0. The zero-order valence-corrected chi connectivity index (χ0v) is 15.6. The number of nitrogens with two attached hydrogens (primary N) is 2. The molecule has 0 radical (unpaired) electrons. The molecule has 2 aliphatic rings. The quantitative estimate of drug-likeness (QED) is 0.813. The average molecular weight is 335 g/mol. The molecule has 2 aliphatic carbocycles. The Morgan fingerprint density at radius 3 is 2.48 bits per heavy atom. The highest BCUT2D eigenvalue weighted by Crippen LogP contribution is 2.44. The first-order valence-corrected chi connectivity index (χ1v) is 9.29. The van der Waals surface area contributed by atoms with Crippen molar-refractivity contribution >= 4 is 5.57 Å². The Bertz CT molecular complexity index is 749. The van der Waals surface area contributed by atoms with Gasteiger partial charge in [-0.2, -0.15) is 0 Å². The van der Waals surface area contributed by atoms with Crippen LogP contribution in [0.1, 0.15) is 51.2 Å². The molecule has 0 saturated carbocycles. The molecule has 3 rings (SSSR count). The molecule has 3 atom stereocenters. The molecule has 2 nitrogen and oxygen atoms in total. The Hall–Kier alpha value is -2.22. The number of hydrogen-bond donors (Lipinski definition) is 2. The highest BCUT2D eigenvalue weighted by atomic mass is 14.6. The van der Waals surface area contributed by atoms with Crippen molar-refractivity contribution < 1.29 is 0 Å². The van der Waals surface area contributed by atoms with Crippen LogP contribution in [0.15, 0.2) is 66.0 Å². The maximum absolute atomic E-state index is 6.01. The fourth-order valence-corrected chi connectivity index (χ4v) is 4.04. The van der Waals surface area contributed by atoms with Gasteiger partial charge in [-0.25, -0.2) is 0 Å². The van der Waals surface area contributed by atoms with Crippen LogP contribution < -0.4 is 11.5 Å². The van der Waals surface area contributed by atoms with Crippen molar-refractivity contribution in [2.24, 2.45) is 23.3 Å². The Morgan fingerprint density at radius 1 is 1.16 bits per heavy atom. The van der Waals surface area contributed by atoms with E-state index in [2.05, 4.69) is 69.3 Å². The van der Waals surface area contributed by atoms with E-state index in [0.717, 1.165) is 25.0 Å². The first-order chi connectivity index (χ1) is 11.9. The third-order valence-corrected chi connectivity index (χ3v) is 6.13.